The van der Waals surface area contributed by atoms with Crippen LogP contribution in [0.2, 0.25) is 0 Å². The molecule has 2 atom stereocenters. The Labute approximate surface area is 131 Å². The highest BCUT2D eigenvalue weighted by molar-refractivity contribution is 5.78. The Hall–Kier alpha value is -1.33. The molecule has 5 nitrogen and oxygen atoms in total. The van der Waals surface area contributed by atoms with E-state index >= 15 is 0 Å². The predicted molar refractivity (Wildman–Crippen MR) is 83.1 cm³/mol. The molecule has 0 spiro atoms. The Morgan fingerprint density at radius 3 is 2.73 bits per heavy atom. The van der Waals surface area contributed by atoms with E-state index in [1.165, 1.54) is 6.42 Å². The van der Waals surface area contributed by atoms with E-state index in [4.69, 9.17) is 4.42 Å². The number of amides is 1. The maximum absolute atomic E-state index is 12.2. The van der Waals surface area contributed by atoms with Crippen molar-refractivity contribution in [1.29, 1.82) is 0 Å². The van der Waals surface area contributed by atoms with Crippen LogP contribution < -0.4 is 5.32 Å². The molecule has 2 heterocycles. The van der Waals surface area contributed by atoms with Gasteiger partial charge in [-0.1, -0.05) is 12.8 Å². The second-order valence-electron chi connectivity index (χ2n) is 6.53. The number of furan rings is 1. The molecule has 1 aliphatic carbocycles. The lowest BCUT2D eigenvalue weighted by Crippen LogP contribution is -2.50. The van der Waals surface area contributed by atoms with Crippen LogP contribution >= 0.6 is 0 Å². The maximum atomic E-state index is 12.2. The summed E-state index contributed by atoms with van der Waals surface area (Å²) in [4.78, 5) is 14.6. The highest BCUT2D eigenvalue weighted by Gasteiger charge is 2.33. The Morgan fingerprint density at radius 2 is 2.05 bits per heavy atom. The van der Waals surface area contributed by atoms with Gasteiger partial charge < -0.3 is 14.8 Å². The highest BCUT2D eigenvalue weighted by Crippen LogP contribution is 2.27. The van der Waals surface area contributed by atoms with Crippen molar-refractivity contribution >= 4 is 5.91 Å². The van der Waals surface area contributed by atoms with Crippen molar-refractivity contribution in [3.8, 4) is 0 Å². The fraction of sp³-hybridized carbons (Fsp3) is 0.706. The molecule has 1 saturated heterocycles. The average Bonchev–Trinajstić information content (AvgIpc) is 3.07. The zero-order valence-electron chi connectivity index (χ0n) is 13.0. The lowest BCUT2D eigenvalue weighted by Gasteiger charge is -2.41. The molecule has 2 fully saturated rings. The van der Waals surface area contributed by atoms with Gasteiger partial charge in [-0.3, -0.25) is 9.69 Å². The number of aliphatic hydroxyl groups excluding tert-OH is 1. The van der Waals surface area contributed by atoms with E-state index in [2.05, 4.69) is 10.2 Å². The van der Waals surface area contributed by atoms with Gasteiger partial charge in [0, 0.05) is 12.0 Å². The molecule has 2 aliphatic rings. The fourth-order valence-corrected chi connectivity index (χ4v) is 3.74. The average molecular weight is 306 g/mol. The monoisotopic (exact) mass is 306 g/mol. The first kappa shape index (κ1) is 15.6. The number of hydrogen-bond acceptors (Lipinski definition) is 4. The minimum Gasteiger partial charge on any atom is -0.467 e. The van der Waals surface area contributed by atoms with E-state index in [1.807, 2.05) is 12.1 Å². The third kappa shape index (κ3) is 3.70. The zero-order valence-corrected chi connectivity index (χ0v) is 13.0. The number of nitrogens with zero attached hydrogens (tertiary/aromatic N) is 1. The summed E-state index contributed by atoms with van der Waals surface area (Å²) in [6, 6.07) is 4.00. The lowest BCUT2D eigenvalue weighted by molar-refractivity contribution is -0.127. The van der Waals surface area contributed by atoms with Gasteiger partial charge in [0.25, 0.3) is 0 Å². The molecule has 3 rings (SSSR count). The van der Waals surface area contributed by atoms with Crippen LogP contribution in [-0.2, 0) is 11.3 Å². The van der Waals surface area contributed by atoms with Crippen LogP contribution in [0, 0.1) is 5.92 Å². The van der Waals surface area contributed by atoms with Crippen molar-refractivity contribution in [2.45, 2.75) is 57.2 Å². The predicted octanol–water partition coefficient (Wildman–Crippen LogP) is 1.91. The number of rotatable bonds is 4. The molecule has 5 heteroatoms. The van der Waals surface area contributed by atoms with Crippen LogP contribution in [0.25, 0.3) is 0 Å². The summed E-state index contributed by atoms with van der Waals surface area (Å²) in [5.74, 6) is 1.00. The Balaban J connectivity index is 1.43. The first-order valence-corrected chi connectivity index (χ1v) is 8.46. The quantitative estimate of drug-likeness (QED) is 0.892. The van der Waals surface area contributed by atoms with E-state index in [-0.39, 0.29) is 17.9 Å². The molecule has 0 bridgehead atoms. The van der Waals surface area contributed by atoms with E-state index in [1.54, 1.807) is 6.26 Å². The number of nitrogens with one attached hydrogen (secondary N) is 1. The first-order chi connectivity index (χ1) is 10.7. The normalized spacial score (nSPS) is 27.7. The van der Waals surface area contributed by atoms with Crippen LogP contribution in [0.4, 0.5) is 0 Å². The Morgan fingerprint density at radius 1 is 1.27 bits per heavy atom. The molecule has 1 aromatic rings. The summed E-state index contributed by atoms with van der Waals surface area (Å²) in [6.07, 6.45) is 7.58. The lowest BCUT2D eigenvalue weighted by atomic mass is 9.88. The summed E-state index contributed by atoms with van der Waals surface area (Å²) >= 11 is 0. The second kappa shape index (κ2) is 7.29. The maximum Gasteiger partial charge on any atom is 0.223 e. The topological polar surface area (TPSA) is 65.7 Å². The third-order valence-electron chi connectivity index (χ3n) is 5.08. The summed E-state index contributed by atoms with van der Waals surface area (Å²) in [6.45, 7) is 2.30. The van der Waals surface area contributed by atoms with Crippen LogP contribution in [-0.4, -0.2) is 41.1 Å². The van der Waals surface area contributed by atoms with E-state index in [0.29, 0.717) is 12.6 Å². The van der Waals surface area contributed by atoms with Gasteiger partial charge in [-0.25, -0.2) is 0 Å². The molecule has 1 aromatic heterocycles. The van der Waals surface area contributed by atoms with Crippen LogP contribution in [0.15, 0.2) is 22.8 Å². The number of hydrogen-bond donors (Lipinski definition) is 2. The number of likely N-dealkylation sites (tertiary alicyclic amines) is 1. The van der Waals surface area contributed by atoms with Crippen molar-refractivity contribution in [3.05, 3.63) is 24.2 Å². The Bertz CT molecular complexity index is 466. The van der Waals surface area contributed by atoms with Crippen molar-refractivity contribution < 1.29 is 14.3 Å². The molecule has 0 radical (unpaired) electrons. The number of aliphatic hydroxyl groups is 1. The minimum absolute atomic E-state index is 0.0898. The summed E-state index contributed by atoms with van der Waals surface area (Å²) in [7, 11) is 0. The van der Waals surface area contributed by atoms with E-state index in [9.17, 15) is 9.90 Å². The van der Waals surface area contributed by atoms with Gasteiger partial charge in [0.15, 0.2) is 0 Å². The van der Waals surface area contributed by atoms with Gasteiger partial charge >= 0.3 is 0 Å². The van der Waals surface area contributed by atoms with Crippen LogP contribution in [0.3, 0.4) is 0 Å². The molecule has 122 valence electrons. The van der Waals surface area contributed by atoms with E-state index < -0.39 is 0 Å². The van der Waals surface area contributed by atoms with Crippen molar-refractivity contribution in [2.75, 3.05) is 13.1 Å². The summed E-state index contributed by atoms with van der Waals surface area (Å²) in [5, 5.41) is 13.1. The van der Waals surface area contributed by atoms with Crippen LogP contribution in [0.1, 0.15) is 44.3 Å². The molecule has 1 saturated carbocycles. The largest absolute Gasteiger partial charge is 0.467 e. The van der Waals surface area contributed by atoms with Gasteiger partial charge in [-0.15, -0.1) is 0 Å². The highest BCUT2D eigenvalue weighted by atomic mass is 16.3. The molecular weight excluding hydrogens is 280 g/mol. The molecule has 2 N–H and O–H groups in total. The first-order valence-electron chi connectivity index (χ1n) is 8.46. The Kier molecular flexibility index (Phi) is 5.16. The van der Waals surface area contributed by atoms with Gasteiger partial charge in [-0.2, -0.15) is 0 Å². The van der Waals surface area contributed by atoms with Gasteiger partial charge in [0.1, 0.15) is 5.76 Å². The van der Waals surface area contributed by atoms with Crippen LogP contribution in [0.5, 0.6) is 0 Å². The van der Waals surface area contributed by atoms with Gasteiger partial charge in [0.2, 0.25) is 5.91 Å². The molecule has 1 aliphatic heterocycles. The van der Waals surface area contributed by atoms with Crippen molar-refractivity contribution in [2.24, 2.45) is 5.92 Å². The van der Waals surface area contributed by atoms with Crippen molar-refractivity contribution in [1.82, 2.24) is 10.2 Å². The molecule has 0 unspecified atom stereocenters. The molecule has 1 amide bonds. The number of piperidine rings is 1. The SMILES string of the molecule is O=C(NCc1ccco1)C1CCN([C@H]2CCCC[C@@H]2O)CC1. The summed E-state index contributed by atoms with van der Waals surface area (Å²) < 4.78 is 5.23. The number of carbonyl (C=O) groups excluding carboxylic acids is 1. The molecule has 22 heavy (non-hydrogen) atoms. The third-order valence-corrected chi connectivity index (χ3v) is 5.08. The number of carbonyl (C=O) groups is 1. The molecular formula is C17H26N2O3. The van der Waals surface area contributed by atoms with Gasteiger partial charge in [0.05, 0.1) is 18.9 Å². The standard InChI is InChI=1S/C17H26N2O3/c20-16-6-2-1-5-15(16)19-9-7-13(8-10-19)17(21)18-12-14-4-3-11-22-14/h3-4,11,13,15-16,20H,1-2,5-10,12H2,(H,18,21)/t15-,16-/m0/s1. The smallest absolute Gasteiger partial charge is 0.223 e. The minimum atomic E-state index is -0.182. The van der Waals surface area contributed by atoms with Crippen molar-refractivity contribution in [3.63, 3.8) is 0 Å². The van der Waals surface area contributed by atoms with E-state index in [0.717, 1.165) is 51.0 Å². The zero-order chi connectivity index (χ0) is 15.4. The molecule has 0 aromatic carbocycles. The van der Waals surface area contributed by atoms with Gasteiger partial charge in [-0.05, 0) is 50.9 Å². The summed E-state index contributed by atoms with van der Waals surface area (Å²) in [5.41, 5.74) is 0. The fourth-order valence-electron chi connectivity index (χ4n) is 3.74. The second-order valence-corrected chi connectivity index (χ2v) is 6.53.